The van der Waals surface area contributed by atoms with E-state index in [1.807, 2.05) is 0 Å². The van der Waals surface area contributed by atoms with Crippen molar-refractivity contribution in [1.29, 1.82) is 0 Å². The predicted molar refractivity (Wildman–Crippen MR) is 35.9 cm³/mol. The second-order valence-electron chi connectivity index (χ2n) is 2.08. The average Bonchev–Trinajstić information content (AvgIpc) is 1.77. The number of halogens is 1. The fraction of sp³-hybridized carbons (Fsp3) is 0.250. The summed E-state index contributed by atoms with van der Waals surface area (Å²) in [6, 6.07) is 8.36. The van der Waals surface area contributed by atoms with Gasteiger partial charge in [0, 0.05) is 0 Å². The molecule has 0 radical (unpaired) electrons. The van der Waals surface area contributed by atoms with Crippen LogP contribution in [-0.2, 0) is 0 Å². The first-order chi connectivity index (χ1) is 3.80. The molecule has 2 heteroatoms. The molecule has 0 amide bonds. The molecule has 0 bridgehead atoms. The van der Waals surface area contributed by atoms with Crippen molar-refractivity contribution in [3.63, 3.8) is 0 Å². The summed E-state index contributed by atoms with van der Waals surface area (Å²) in [5.74, 6) is 0. The largest absolute Gasteiger partial charge is 1.00 e. The standard InChI is InChI=1S/C8H10.FH.Na/c1-7-5-3-4-6-8(7)2;;/h3-6H,1-2H3;1H;/q;;+1/p-1. The normalized spacial score (nSPS) is 7.40. The molecule has 1 rings (SSSR count). The van der Waals surface area contributed by atoms with Crippen LogP contribution < -0.4 is 34.3 Å². The Bertz CT molecular complexity index is 165. The SMILES string of the molecule is Cc1ccccc1C.[F-].[Na+]. The first-order valence-corrected chi connectivity index (χ1v) is 2.83. The predicted octanol–water partition coefficient (Wildman–Crippen LogP) is -3.69. The molecule has 0 atom stereocenters. The van der Waals surface area contributed by atoms with Crippen molar-refractivity contribution < 1.29 is 34.3 Å². The fourth-order valence-electron chi connectivity index (χ4n) is 0.663. The van der Waals surface area contributed by atoms with E-state index in [-0.39, 0.29) is 34.3 Å². The summed E-state index contributed by atoms with van der Waals surface area (Å²) in [5.41, 5.74) is 2.74. The van der Waals surface area contributed by atoms with Crippen LogP contribution in [0.5, 0.6) is 0 Å². The molecule has 0 spiro atoms. The maximum absolute atomic E-state index is 2.12. The maximum atomic E-state index is 2.12. The molecule has 0 aliphatic carbocycles. The number of hydrogen-bond donors (Lipinski definition) is 0. The third kappa shape index (κ3) is 3.35. The Morgan fingerprint density at radius 3 is 1.40 bits per heavy atom. The molecule has 0 unspecified atom stereocenters. The molecule has 0 saturated carbocycles. The van der Waals surface area contributed by atoms with Crippen molar-refractivity contribution in [2.75, 3.05) is 0 Å². The van der Waals surface area contributed by atoms with Gasteiger partial charge in [0.15, 0.2) is 0 Å². The Labute approximate surface area is 83.3 Å². The van der Waals surface area contributed by atoms with Crippen LogP contribution >= 0.6 is 0 Å². The Kier molecular flexibility index (Phi) is 7.55. The molecule has 0 saturated heterocycles. The van der Waals surface area contributed by atoms with Gasteiger partial charge in [-0.05, 0) is 25.0 Å². The van der Waals surface area contributed by atoms with E-state index in [0.717, 1.165) is 0 Å². The first kappa shape index (κ1) is 12.8. The van der Waals surface area contributed by atoms with Gasteiger partial charge in [-0.15, -0.1) is 0 Å². The Balaban J connectivity index is 0. The van der Waals surface area contributed by atoms with Gasteiger partial charge in [0.1, 0.15) is 0 Å². The van der Waals surface area contributed by atoms with Crippen molar-refractivity contribution in [2.24, 2.45) is 0 Å². The molecule has 0 fully saturated rings. The molecule has 0 nitrogen and oxygen atoms in total. The molecular formula is C8H10FNa. The van der Waals surface area contributed by atoms with E-state index in [9.17, 15) is 0 Å². The Morgan fingerprint density at radius 2 is 1.20 bits per heavy atom. The van der Waals surface area contributed by atoms with E-state index in [4.69, 9.17) is 0 Å². The van der Waals surface area contributed by atoms with Crippen molar-refractivity contribution in [3.8, 4) is 0 Å². The van der Waals surface area contributed by atoms with Crippen LogP contribution in [0.1, 0.15) is 11.1 Å². The third-order valence-electron chi connectivity index (χ3n) is 1.43. The van der Waals surface area contributed by atoms with Gasteiger partial charge >= 0.3 is 29.6 Å². The van der Waals surface area contributed by atoms with Gasteiger partial charge in [0.2, 0.25) is 0 Å². The van der Waals surface area contributed by atoms with Gasteiger partial charge < -0.3 is 4.70 Å². The monoisotopic (exact) mass is 148 g/mol. The number of rotatable bonds is 0. The van der Waals surface area contributed by atoms with E-state index in [1.54, 1.807) is 0 Å². The topological polar surface area (TPSA) is 0 Å². The molecule has 0 aliphatic heterocycles. The zero-order valence-electron chi connectivity index (χ0n) is 6.69. The van der Waals surface area contributed by atoms with Crippen molar-refractivity contribution >= 4 is 0 Å². The zero-order valence-corrected chi connectivity index (χ0v) is 8.69. The van der Waals surface area contributed by atoms with Crippen molar-refractivity contribution in [3.05, 3.63) is 35.4 Å². The van der Waals surface area contributed by atoms with E-state index in [1.165, 1.54) is 11.1 Å². The zero-order chi connectivity index (χ0) is 5.98. The smallest absolute Gasteiger partial charge is 1.00 e. The summed E-state index contributed by atoms with van der Waals surface area (Å²) in [7, 11) is 0. The van der Waals surface area contributed by atoms with E-state index in [2.05, 4.69) is 38.1 Å². The number of hydrogen-bond acceptors (Lipinski definition) is 0. The van der Waals surface area contributed by atoms with Gasteiger partial charge in [0.25, 0.3) is 0 Å². The quantitative estimate of drug-likeness (QED) is 0.332. The van der Waals surface area contributed by atoms with Gasteiger partial charge in [0.05, 0.1) is 0 Å². The van der Waals surface area contributed by atoms with Crippen LogP contribution in [0.3, 0.4) is 0 Å². The summed E-state index contributed by atoms with van der Waals surface area (Å²) in [4.78, 5) is 0. The van der Waals surface area contributed by atoms with Crippen LogP contribution in [0.15, 0.2) is 24.3 Å². The summed E-state index contributed by atoms with van der Waals surface area (Å²) in [5, 5.41) is 0. The minimum atomic E-state index is 0. The fourth-order valence-corrected chi connectivity index (χ4v) is 0.663. The van der Waals surface area contributed by atoms with Gasteiger partial charge in [-0.2, -0.15) is 0 Å². The number of aryl methyl sites for hydroxylation is 2. The minimum Gasteiger partial charge on any atom is -1.00 e. The minimum absolute atomic E-state index is 0. The van der Waals surface area contributed by atoms with E-state index < -0.39 is 0 Å². The molecule has 0 aromatic heterocycles. The van der Waals surface area contributed by atoms with Crippen LogP contribution in [-0.4, -0.2) is 0 Å². The van der Waals surface area contributed by atoms with Crippen LogP contribution in [0, 0.1) is 13.8 Å². The molecule has 10 heavy (non-hydrogen) atoms. The molecule has 1 aromatic rings. The van der Waals surface area contributed by atoms with E-state index >= 15 is 0 Å². The van der Waals surface area contributed by atoms with Crippen LogP contribution in [0.2, 0.25) is 0 Å². The van der Waals surface area contributed by atoms with Crippen molar-refractivity contribution in [2.45, 2.75) is 13.8 Å². The van der Waals surface area contributed by atoms with Crippen LogP contribution in [0.4, 0.5) is 0 Å². The molecule has 0 heterocycles. The summed E-state index contributed by atoms with van der Waals surface area (Å²) in [6.45, 7) is 4.24. The summed E-state index contributed by atoms with van der Waals surface area (Å²) >= 11 is 0. The van der Waals surface area contributed by atoms with Crippen LogP contribution in [0.25, 0.3) is 0 Å². The first-order valence-electron chi connectivity index (χ1n) is 2.83. The Hall–Kier alpha value is 0.150. The molecule has 0 aliphatic rings. The summed E-state index contributed by atoms with van der Waals surface area (Å²) < 4.78 is 0. The molecule has 1 aromatic carbocycles. The Morgan fingerprint density at radius 1 is 0.900 bits per heavy atom. The van der Waals surface area contributed by atoms with Gasteiger partial charge in [-0.1, -0.05) is 24.3 Å². The number of benzene rings is 1. The second-order valence-corrected chi connectivity index (χ2v) is 2.08. The third-order valence-corrected chi connectivity index (χ3v) is 1.43. The maximum Gasteiger partial charge on any atom is 1.00 e. The molecule has 0 N–H and O–H groups in total. The average molecular weight is 148 g/mol. The molecular weight excluding hydrogens is 138 g/mol. The summed E-state index contributed by atoms with van der Waals surface area (Å²) in [6.07, 6.45) is 0. The van der Waals surface area contributed by atoms with E-state index in [0.29, 0.717) is 0 Å². The molecule has 50 valence electrons. The van der Waals surface area contributed by atoms with Crippen molar-refractivity contribution in [1.82, 2.24) is 0 Å². The van der Waals surface area contributed by atoms with Gasteiger partial charge in [-0.3, -0.25) is 0 Å². The second kappa shape index (κ2) is 5.90. The van der Waals surface area contributed by atoms with Gasteiger partial charge in [-0.25, -0.2) is 0 Å².